The molecule has 0 radical (unpaired) electrons. The summed E-state index contributed by atoms with van der Waals surface area (Å²) in [5.41, 5.74) is 2.28. The molecule has 1 N–H and O–H groups in total. The van der Waals surface area contributed by atoms with Gasteiger partial charge in [-0.3, -0.25) is 0 Å². The molecule has 0 fully saturated rings. The summed E-state index contributed by atoms with van der Waals surface area (Å²) in [5, 5.41) is 0.931. The third kappa shape index (κ3) is 1.82. The summed E-state index contributed by atoms with van der Waals surface area (Å²) >= 11 is 1.82. The average Bonchev–Trinajstić information content (AvgIpc) is 2.65. The molecule has 17 heavy (non-hydrogen) atoms. The Labute approximate surface area is 100 Å². The van der Waals surface area contributed by atoms with Crippen molar-refractivity contribution in [1.82, 2.24) is 4.98 Å². The number of fused-ring (bicyclic) bond motifs is 3. The average molecular weight is 257 g/mol. The van der Waals surface area contributed by atoms with Crippen molar-refractivity contribution < 1.29 is 13.2 Å². The molecule has 90 valence electrons. The minimum atomic E-state index is -4.27. The van der Waals surface area contributed by atoms with E-state index in [0.717, 1.165) is 35.1 Å². The Hall–Kier alpha value is -1.10. The fraction of sp³-hybridized carbons (Fsp3) is 0.333. The molecule has 0 spiro atoms. The summed E-state index contributed by atoms with van der Waals surface area (Å²) in [7, 11) is 0. The van der Waals surface area contributed by atoms with Crippen molar-refractivity contribution in [2.75, 3.05) is 5.75 Å². The molecule has 0 bridgehead atoms. The minimum absolute atomic E-state index is 0.587. The lowest BCUT2D eigenvalue weighted by Gasteiger charge is -2.10. The Balaban J connectivity index is 2.18. The molecule has 0 aliphatic carbocycles. The summed E-state index contributed by atoms with van der Waals surface area (Å²) < 4.78 is 37.7. The summed E-state index contributed by atoms with van der Waals surface area (Å²) in [5.74, 6) is 1.92. The van der Waals surface area contributed by atoms with Crippen LogP contribution in [0.15, 0.2) is 18.2 Å². The molecule has 2 aromatic rings. The molecular weight excluding hydrogens is 247 g/mol. The van der Waals surface area contributed by atoms with Gasteiger partial charge < -0.3 is 4.98 Å². The monoisotopic (exact) mass is 257 g/mol. The number of thioether (sulfide) groups is 1. The summed E-state index contributed by atoms with van der Waals surface area (Å²) in [6, 6.07) is 3.95. The van der Waals surface area contributed by atoms with Gasteiger partial charge in [0.25, 0.3) is 0 Å². The predicted molar refractivity (Wildman–Crippen MR) is 63.2 cm³/mol. The SMILES string of the molecule is FC(F)(F)c1ccc2c3c([nH]c2c1)CCSC3. The van der Waals surface area contributed by atoms with E-state index < -0.39 is 11.7 Å². The Morgan fingerprint density at radius 3 is 2.82 bits per heavy atom. The maximum absolute atomic E-state index is 12.6. The molecular formula is C12H10F3NS. The molecule has 3 rings (SSSR count). The number of aromatic amines is 1. The Morgan fingerprint density at radius 2 is 2.06 bits per heavy atom. The molecule has 1 aliphatic heterocycles. The second-order valence-electron chi connectivity index (χ2n) is 4.14. The van der Waals surface area contributed by atoms with E-state index in [-0.39, 0.29) is 0 Å². The van der Waals surface area contributed by atoms with Gasteiger partial charge in [-0.15, -0.1) is 0 Å². The lowest BCUT2D eigenvalue weighted by atomic mass is 10.1. The first-order valence-electron chi connectivity index (χ1n) is 5.34. The summed E-state index contributed by atoms with van der Waals surface area (Å²) in [6.45, 7) is 0. The molecule has 1 nitrogen and oxygen atoms in total. The van der Waals surface area contributed by atoms with Gasteiger partial charge in [-0.05, 0) is 29.9 Å². The highest BCUT2D eigenvalue weighted by molar-refractivity contribution is 7.98. The van der Waals surface area contributed by atoms with E-state index >= 15 is 0 Å². The maximum atomic E-state index is 12.6. The molecule has 0 saturated heterocycles. The molecule has 0 atom stereocenters. The Morgan fingerprint density at radius 1 is 1.24 bits per heavy atom. The maximum Gasteiger partial charge on any atom is 0.416 e. The van der Waals surface area contributed by atoms with E-state index in [2.05, 4.69) is 4.98 Å². The van der Waals surface area contributed by atoms with E-state index in [1.165, 1.54) is 11.6 Å². The molecule has 1 aromatic heterocycles. The van der Waals surface area contributed by atoms with Crippen molar-refractivity contribution in [3.63, 3.8) is 0 Å². The van der Waals surface area contributed by atoms with Gasteiger partial charge in [-0.2, -0.15) is 24.9 Å². The van der Waals surface area contributed by atoms with Gasteiger partial charge in [0.2, 0.25) is 0 Å². The summed E-state index contributed by atoms with van der Waals surface area (Å²) in [4.78, 5) is 3.12. The van der Waals surface area contributed by atoms with Gasteiger partial charge in [0, 0.05) is 22.3 Å². The van der Waals surface area contributed by atoms with Crippen LogP contribution in [0.5, 0.6) is 0 Å². The normalized spacial score (nSPS) is 16.2. The highest BCUT2D eigenvalue weighted by Crippen LogP contribution is 2.35. The Kier molecular flexibility index (Phi) is 2.40. The van der Waals surface area contributed by atoms with Crippen LogP contribution in [0.3, 0.4) is 0 Å². The van der Waals surface area contributed by atoms with Crippen molar-refractivity contribution in [2.24, 2.45) is 0 Å². The zero-order valence-electron chi connectivity index (χ0n) is 8.90. The molecule has 0 saturated carbocycles. The van der Waals surface area contributed by atoms with Gasteiger partial charge in [-0.1, -0.05) is 6.07 Å². The highest BCUT2D eigenvalue weighted by Gasteiger charge is 2.31. The van der Waals surface area contributed by atoms with Crippen LogP contribution in [0, 0.1) is 0 Å². The summed E-state index contributed by atoms with van der Waals surface area (Å²) in [6.07, 6.45) is -3.36. The number of halogens is 3. The fourth-order valence-corrected chi connectivity index (χ4v) is 3.24. The number of hydrogen-bond donors (Lipinski definition) is 1. The molecule has 1 aromatic carbocycles. The first kappa shape index (κ1) is 11.0. The van der Waals surface area contributed by atoms with Crippen molar-refractivity contribution in [2.45, 2.75) is 18.3 Å². The van der Waals surface area contributed by atoms with Crippen LogP contribution in [0.2, 0.25) is 0 Å². The number of benzene rings is 1. The van der Waals surface area contributed by atoms with Crippen LogP contribution < -0.4 is 0 Å². The van der Waals surface area contributed by atoms with Crippen molar-refractivity contribution in [3.8, 4) is 0 Å². The van der Waals surface area contributed by atoms with Gasteiger partial charge in [-0.25, -0.2) is 0 Å². The van der Waals surface area contributed by atoms with E-state index in [0.29, 0.717) is 5.52 Å². The molecule has 2 heterocycles. The first-order chi connectivity index (χ1) is 8.05. The van der Waals surface area contributed by atoms with E-state index in [1.54, 1.807) is 6.07 Å². The number of aromatic nitrogens is 1. The zero-order valence-corrected chi connectivity index (χ0v) is 9.71. The second kappa shape index (κ2) is 3.70. The van der Waals surface area contributed by atoms with Gasteiger partial charge in [0.1, 0.15) is 0 Å². The van der Waals surface area contributed by atoms with E-state index in [4.69, 9.17) is 0 Å². The molecule has 0 unspecified atom stereocenters. The van der Waals surface area contributed by atoms with Crippen LogP contribution in [0.4, 0.5) is 13.2 Å². The number of hydrogen-bond acceptors (Lipinski definition) is 1. The van der Waals surface area contributed by atoms with Crippen LogP contribution in [0.1, 0.15) is 16.8 Å². The zero-order chi connectivity index (χ0) is 12.0. The lowest BCUT2D eigenvalue weighted by Crippen LogP contribution is -2.04. The van der Waals surface area contributed by atoms with Gasteiger partial charge in [0.05, 0.1) is 5.56 Å². The van der Waals surface area contributed by atoms with Crippen LogP contribution in [-0.4, -0.2) is 10.7 Å². The first-order valence-corrected chi connectivity index (χ1v) is 6.49. The third-order valence-corrected chi connectivity index (χ3v) is 4.05. The number of alkyl halides is 3. The van der Waals surface area contributed by atoms with Gasteiger partial charge in [0.15, 0.2) is 0 Å². The van der Waals surface area contributed by atoms with Crippen molar-refractivity contribution >= 4 is 22.7 Å². The number of rotatable bonds is 0. The number of H-pyrrole nitrogens is 1. The predicted octanol–water partition coefficient (Wildman–Crippen LogP) is 3.98. The number of nitrogens with one attached hydrogen (secondary N) is 1. The fourth-order valence-electron chi connectivity index (χ4n) is 2.21. The van der Waals surface area contributed by atoms with Crippen molar-refractivity contribution in [3.05, 3.63) is 35.0 Å². The van der Waals surface area contributed by atoms with E-state index in [1.807, 2.05) is 11.8 Å². The highest BCUT2D eigenvalue weighted by atomic mass is 32.2. The second-order valence-corrected chi connectivity index (χ2v) is 5.25. The van der Waals surface area contributed by atoms with Crippen molar-refractivity contribution in [1.29, 1.82) is 0 Å². The minimum Gasteiger partial charge on any atom is -0.358 e. The van der Waals surface area contributed by atoms with Gasteiger partial charge >= 0.3 is 6.18 Å². The quantitative estimate of drug-likeness (QED) is 0.755. The largest absolute Gasteiger partial charge is 0.416 e. The molecule has 0 amide bonds. The van der Waals surface area contributed by atoms with Crippen LogP contribution in [-0.2, 0) is 18.3 Å². The molecule has 1 aliphatic rings. The standard InChI is InChI=1S/C12H10F3NS/c13-12(14,15)7-1-2-8-9-6-17-4-3-10(9)16-11(8)5-7/h1-2,5,16H,3-4,6H2. The van der Waals surface area contributed by atoms with Crippen LogP contribution >= 0.6 is 11.8 Å². The lowest BCUT2D eigenvalue weighted by molar-refractivity contribution is -0.137. The third-order valence-electron chi connectivity index (χ3n) is 3.06. The van der Waals surface area contributed by atoms with E-state index in [9.17, 15) is 13.2 Å². The van der Waals surface area contributed by atoms with Crippen LogP contribution in [0.25, 0.3) is 10.9 Å². The number of aryl methyl sites for hydroxylation is 1. The Bertz CT molecular complexity index is 571. The topological polar surface area (TPSA) is 15.8 Å². The smallest absolute Gasteiger partial charge is 0.358 e. The molecule has 5 heteroatoms.